The van der Waals surface area contributed by atoms with E-state index < -0.39 is 0 Å². The summed E-state index contributed by atoms with van der Waals surface area (Å²) in [6.45, 7) is 13.3. The van der Waals surface area contributed by atoms with Gasteiger partial charge in [-0.1, -0.05) is 164 Å². The van der Waals surface area contributed by atoms with Gasteiger partial charge in [-0.25, -0.2) is 0 Å². The smallest absolute Gasteiger partial charge is 0.00205 e. The Morgan fingerprint density at radius 3 is 1.25 bits per heavy atom. The van der Waals surface area contributed by atoms with Crippen LogP contribution in [0.2, 0.25) is 0 Å². The molecule has 0 spiro atoms. The van der Waals surface area contributed by atoms with Crippen LogP contribution in [0.5, 0.6) is 0 Å². The number of rotatable bonds is 2. The molecule has 0 nitrogen and oxygen atoms in total. The van der Waals surface area contributed by atoms with Crippen molar-refractivity contribution in [1.29, 1.82) is 0 Å². The van der Waals surface area contributed by atoms with Crippen LogP contribution in [0, 0.1) is 11.8 Å². The highest BCUT2D eigenvalue weighted by atomic mass is 14.3. The van der Waals surface area contributed by atoms with Crippen LogP contribution in [0.1, 0.15) is 87.8 Å². The second kappa shape index (κ2) is 12.8. The van der Waals surface area contributed by atoms with Gasteiger partial charge in [0.05, 0.1) is 0 Å². The monoisotopic (exact) mass is 574 g/mol. The molecule has 0 amide bonds. The molecule has 0 fully saturated rings. The maximum absolute atomic E-state index is 2.44. The Labute approximate surface area is 264 Å². The molecule has 0 bridgehead atoms. The lowest BCUT2D eigenvalue weighted by Crippen LogP contribution is -2.10. The predicted octanol–water partition coefficient (Wildman–Crippen LogP) is 12.9. The van der Waals surface area contributed by atoms with Gasteiger partial charge in [0, 0.05) is 0 Å². The molecule has 0 aromatic heterocycles. The summed E-state index contributed by atoms with van der Waals surface area (Å²) in [4.78, 5) is 0. The molecule has 0 N–H and O–H groups in total. The van der Waals surface area contributed by atoms with Crippen LogP contribution in [0.3, 0.4) is 0 Å². The highest BCUT2D eigenvalue weighted by Gasteiger charge is 2.24. The number of benzene rings is 6. The van der Waals surface area contributed by atoms with Crippen molar-refractivity contribution in [2.75, 3.05) is 0 Å². The van der Waals surface area contributed by atoms with Gasteiger partial charge in [0.15, 0.2) is 0 Å². The van der Waals surface area contributed by atoms with Crippen LogP contribution in [-0.2, 0) is 12.8 Å². The molecule has 2 unspecified atom stereocenters. The van der Waals surface area contributed by atoms with Crippen LogP contribution in [-0.4, -0.2) is 0 Å². The van der Waals surface area contributed by atoms with Gasteiger partial charge in [-0.05, 0) is 102 Å². The fourth-order valence-electron chi connectivity index (χ4n) is 7.21. The largest absolute Gasteiger partial charge is 0.0656 e. The molecule has 0 heteroatoms. The number of hydrogen-bond acceptors (Lipinski definition) is 0. The van der Waals surface area contributed by atoms with E-state index in [1.165, 1.54) is 89.7 Å². The first-order chi connectivity index (χ1) is 21.5. The fourth-order valence-corrected chi connectivity index (χ4v) is 7.21. The zero-order valence-electron chi connectivity index (χ0n) is 27.4. The summed E-state index contributed by atoms with van der Waals surface area (Å²) in [7, 11) is 0. The van der Waals surface area contributed by atoms with Crippen molar-refractivity contribution >= 4 is 55.6 Å². The lowest BCUT2D eigenvalue weighted by atomic mass is 9.78. The van der Waals surface area contributed by atoms with E-state index in [4.69, 9.17) is 0 Å². The maximum atomic E-state index is 2.44. The first kappa shape index (κ1) is 29.9. The van der Waals surface area contributed by atoms with Gasteiger partial charge in [-0.3, -0.25) is 0 Å². The van der Waals surface area contributed by atoms with E-state index in [-0.39, 0.29) is 0 Å². The Kier molecular flexibility index (Phi) is 8.72. The molecule has 0 radical (unpaired) electrons. The van der Waals surface area contributed by atoms with Crippen LogP contribution in [0.4, 0.5) is 0 Å². The minimum Gasteiger partial charge on any atom is -0.0656 e. The molecule has 6 aromatic carbocycles. The van der Waals surface area contributed by atoms with Crippen LogP contribution < -0.4 is 0 Å². The number of fused-ring (bicyclic) bond motifs is 2. The van der Waals surface area contributed by atoms with E-state index in [1.54, 1.807) is 0 Å². The van der Waals surface area contributed by atoms with Gasteiger partial charge >= 0.3 is 0 Å². The normalized spacial score (nSPS) is 17.1. The Morgan fingerprint density at radius 1 is 0.477 bits per heavy atom. The first-order valence-electron chi connectivity index (χ1n) is 16.8. The quantitative estimate of drug-likeness (QED) is 0.180. The van der Waals surface area contributed by atoms with Gasteiger partial charge in [-0.15, -0.1) is 0 Å². The molecule has 6 aromatic rings. The third-order valence-electron chi connectivity index (χ3n) is 9.13. The van der Waals surface area contributed by atoms with Crippen molar-refractivity contribution in [2.24, 2.45) is 11.8 Å². The summed E-state index contributed by atoms with van der Waals surface area (Å²) in [5, 5.41) is 8.25. The van der Waals surface area contributed by atoms with E-state index >= 15 is 0 Å². The summed E-state index contributed by atoms with van der Waals surface area (Å²) >= 11 is 0. The summed E-state index contributed by atoms with van der Waals surface area (Å²) in [5.74, 6) is 0.986. The fraction of sp³-hybridized carbons (Fsp3) is 0.273. The SMILES string of the molecule is CC1Cc2ccccc2C=C1c1ccc2ccc3c(C4=Cc5ccccc5CC4C)ccc4ccc1c2c43.CCC.CCC. The molecule has 8 rings (SSSR count). The first-order valence-corrected chi connectivity index (χ1v) is 16.8. The van der Waals surface area contributed by atoms with Crippen molar-refractivity contribution in [3.8, 4) is 0 Å². The molecule has 0 saturated heterocycles. The van der Waals surface area contributed by atoms with Gasteiger partial charge in [0.2, 0.25) is 0 Å². The Hall–Kier alpha value is -4.16. The van der Waals surface area contributed by atoms with Crippen molar-refractivity contribution in [2.45, 2.75) is 67.2 Å². The second-order valence-electron chi connectivity index (χ2n) is 12.9. The van der Waals surface area contributed by atoms with Crippen molar-refractivity contribution < 1.29 is 0 Å². The highest BCUT2D eigenvalue weighted by Crippen LogP contribution is 2.45. The van der Waals surface area contributed by atoms with Gasteiger partial charge in [-0.2, -0.15) is 0 Å². The third-order valence-corrected chi connectivity index (χ3v) is 9.13. The molecule has 44 heavy (non-hydrogen) atoms. The number of allylic oxidation sites excluding steroid dienone is 2. The van der Waals surface area contributed by atoms with E-state index in [9.17, 15) is 0 Å². The summed E-state index contributed by atoms with van der Waals surface area (Å²) in [5.41, 5.74) is 11.4. The van der Waals surface area contributed by atoms with Crippen LogP contribution >= 0.6 is 0 Å². The topological polar surface area (TPSA) is 0 Å². The van der Waals surface area contributed by atoms with Crippen molar-refractivity contribution in [1.82, 2.24) is 0 Å². The summed E-state index contributed by atoms with van der Waals surface area (Å²) in [6, 6.07) is 36.6. The van der Waals surface area contributed by atoms with Gasteiger partial charge in [0.1, 0.15) is 0 Å². The maximum Gasteiger partial charge on any atom is -0.00205 e. The van der Waals surface area contributed by atoms with E-state index in [0.29, 0.717) is 11.8 Å². The van der Waals surface area contributed by atoms with Crippen LogP contribution in [0.25, 0.3) is 55.6 Å². The minimum atomic E-state index is 0.493. The Balaban J connectivity index is 0.000000532. The minimum absolute atomic E-state index is 0.493. The van der Waals surface area contributed by atoms with Gasteiger partial charge < -0.3 is 0 Å². The van der Waals surface area contributed by atoms with E-state index in [1.807, 2.05) is 0 Å². The van der Waals surface area contributed by atoms with Crippen LogP contribution in [0.15, 0.2) is 97.1 Å². The molecule has 222 valence electrons. The predicted molar refractivity (Wildman–Crippen MR) is 196 cm³/mol. The molecular weight excluding hydrogens is 528 g/mol. The average molecular weight is 575 g/mol. The lowest BCUT2D eigenvalue weighted by Gasteiger charge is -2.26. The average Bonchev–Trinajstić information content (AvgIpc) is 3.04. The molecule has 2 aliphatic rings. The van der Waals surface area contributed by atoms with E-state index in [0.717, 1.165) is 12.8 Å². The lowest BCUT2D eigenvalue weighted by molar-refractivity contribution is 0.738. The molecule has 0 aliphatic heterocycles. The zero-order chi connectivity index (χ0) is 30.8. The summed E-state index contributed by atoms with van der Waals surface area (Å²) in [6.07, 6.45) is 9.57. The standard InChI is InChI=1S/C38H30.2C3H8/c1-23-19-27-7-3-5-9-29(27)21-35(23)31-15-11-25-14-18-34-32(16-12-26-13-17-33(31)37(25)38(26)34)36-22-30-10-6-4-8-28(30)20-24(36)2;2*1-3-2/h3-18,21-24H,19-20H2,1-2H3;2*3H2,1-2H3. The van der Waals surface area contributed by atoms with E-state index in [2.05, 4.69) is 151 Å². The van der Waals surface area contributed by atoms with Crippen molar-refractivity contribution in [3.63, 3.8) is 0 Å². The highest BCUT2D eigenvalue weighted by molar-refractivity contribution is 6.26. The Morgan fingerprint density at radius 2 is 0.841 bits per heavy atom. The Bertz CT molecular complexity index is 1840. The molecule has 2 atom stereocenters. The number of hydrogen-bond donors (Lipinski definition) is 0. The summed E-state index contributed by atoms with van der Waals surface area (Å²) < 4.78 is 0. The third kappa shape index (κ3) is 5.36. The second-order valence-corrected chi connectivity index (χ2v) is 12.9. The zero-order valence-corrected chi connectivity index (χ0v) is 27.4. The van der Waals surface area contributed by atoms with Crippen molar-refractivity contribution in [3.05, 3.63) is 130 Å². The molecule has 0 saturated carbocycles. The van der Waals surface area contributed by atoms with Gasteiger partial charge in [0.25, 0.3) is 0 Å². The molecule has 0 heterocycles. The molecule has 2 aliphatic carbocycles. The molecular formula is C44H46.